The van der Waals surface area contributed by atoms with Crippen molar-refractivity contribution in [3.8, 4) is 5.75 Å². The van der Waals surface area contributed by atoms with Gasteiger partial charge in [0, 0.05) is 25.8 Å². The number of hydrogen-bond donors (Lipinski definition) is 2. The van der Waals surface area contributed by atoms with Crippen molar-refractivity contribution < 1.29 is 23.0 Å². The molecule has 0 saturated heterocycles. The third-order valence-electron chi connectivity index (χ3n) is 3.05. The first-order valence-electron chi connectivity index (χ1n) is 6.81. The summed E-state index contributed by atoms with van der Waals surface area (Å²) >= 11 is 0. The minimum Gasteiger partial charge on any atom is -0.496 e. The number of rotatable bonds is 10. The lowest BCUT2D eigenvalue weighted by atomic mass is 10.2. The van der Waals surface area contributed by atoms with Crippen LogP contribution in [0.4, 0.5) is 0 Å². The Hall–Kier alpha value is -1.15. The van der Waals surface area contributed by atoms with E-state index in [9.17, 15) is 13.5 Å². The van der Waals surface area contributed by atoms with E-state index in [1.54, 1.807) is 13.2 Å². The van der Waals surface area contributed by atoms with Gasteiger partial charge in [-0.05, 0) is 37.5 Å². The van der Waals surface area contributed by atoms with Crippen LogP contribution in [-0.2, 0) is 21.4 Å². The molecular formula is C14H23NO5S. The van der Waals surface area contributed by atoms with Gasteiger partial charge in [-0.3, -0.25) is 0 Å². The summed E-state index contributed by atoms with van der Waals surface area (Å²) in [4.78, 5) is 0.129. The van der Waals surface area contributed by atoms with Crippen molar-refractivity contribution in [3.63, 3.8) is 0 Å². The van der Waals surface area contributed by atoms with E-state index in [2.05, 4.69) is 4.72 Å². The zero-order chi connectivity index (χ0) is 15.7. The molecule has 0 aliphatic carbocycles. The molecular weight excluding hydrogens is 294 g/mol. The number of benzene rings is 1. The normalized spacial score (nSPS) is 11.6. The van der Waals surface area contributed by atoms with E-state index in [0.717, 1.165) is 19.3 Å². The third-order valence-corrected chi connectivity index (χ3v) is 4.51. The third kappa shape index (κ3) is 5.62. The summed E-state index contributed by atoms with van der Waals surface area (Å²) in [5.41, 5.74) is 0.445. The van der Waals surface area contributed by atoms with E-state index in [1.165, 1.54) is 19.2 Å². The maximum atomic E-state index is 12.1. The van der Waals surface area contributed by atoms with Gasteiger partial charge in [0.2, 0.25) is 10.0 Å². The Morgan fingerprint density at radius 2 is 1.95 bits per heavy atom. The summed E-state index contributed by atoms with van der Waals surface area (Å²) in [5, 5.41) is 9.23. The Bertz CT molecular complexity index is 530. The zero-order valence-corrected chi connectivity index (χ0v) is 13.3. The molecule has 0 atom stereocenters. The van der Waals surface area contributed by atoms with Gasteiger partial charge in [0.25, 0.3) is 0 Å². The summed E-state index contributed by atoms with van der Waals surface area (Å²) < 4.78 is 36.8. The minimum atomic E-state index is -3.56. The van der Waals surface area contributed by atoms with Crippen molar-refractivity contribution in [3.05, 3.63) is 23.8 Å². The van der Waals surface area contributed by atoms with Crippen LogP contribution in [0.5, 0.6) is 5.75 Å². The van der Waals surface area contributed by atoms with Gasteiger partial charge >= 0.3 is 0 Å². The molecule has 2 N–H and O–H groups in total. The van der Waals surface area contributed by atoms with E-state index < -0.39 is 10.0 Å². The van der Waals surface area contributed by atoms with Crippen LogP contribution in [-0.4, -0.2) is 40.9 Å². The lowest BCUT2D eigenvalue weighted by Crippen LogP contribution is -2.25. The van der Waals surface area contributed by atoms with Crippen LogP contribution >= 0.6 is 0 Å². The number of nitrogens with one attached hydrogen (secondary N) is 1. The highest BCUT2D eigenvalue weighted by atomic mass is 32.2. The fraction of sp³-hybridized carbons (Fsp3) is 0.571. The molecule has 0 aliphatic rings. The van der Waals surface area contributed by atoms with Gasteiger partial charge in [-0.25, -0.2) is 13.1 Å². The minimum absolute atomic E-state index is 0.129. The van der Waals surface area contributed by atoms with E-state index >= 15 is 0 Å². The molecule has 21 heavy (non-hydrogen) atoms. The average molecular weight is 317 g/mol. The zero-order valence-electron chi connectivity index (χ0n) is 12.5. The van der Waals surface area contributed by atoms with Crippen LogP contribution in [0.15, 0.2) is 23.1 Å². The van der Waals surface area contributed by atoms with E-state index in [0.29, 0.717) is 24.5 Å². The maximum Gasteiger partial charge on any atom is 0.240 e. The van der Waals surface area contributed by atoms with Gasteiger partial charge in [-0.2, -0.15) is 0 Å². The van der Waals surface area contributed by atoms with Crippen molar-refractivity contribution in [2.45, 2.75) is 30.8 Å². The van der Waals surface area contributed by atoms with Crippen LogP contribution in [0.2, 0.25) is 0 Å². The first kappa shape index (κ1) is 17.9. The molecule has 120 valence electrons. The smallest absolute Gasteiger partial charge is 0.240 e. The Kier molecular flexibility index (Phi) is 7.66. The van der Waals surface area contributed by atoms with Crippen molar-refractivity contribution in [1.82, 2.24) is 4.72 Å². The predicted octanol–water partition coefficient (Wildman–Crippen LogP) is 1.28. The molecule has 0 bridgehead atoms. The monoisotopic (exact) mass is 317 g/mol. The molecule has 1 rings (SSSR count). The summed E-state index contributed by atoms with van der Waals surface area (Å²) in [6.45, 7) is 0.793. The number of aliphatic hydroxyl groups excluding tert-OH is 1. The Morgan fingerprint density at radius 1 is 1.19 bits per heavy atom. The summed E-state index contributed by atoms with van der Waals surface area (Å²) in [7, 11) is -0.441. The Morgan fingerprint density at radius 3 is 2.57 bits per heavy atom. The van der Waals surface area contributed by atoms with Gasteiger partial charge in [-0.15, -0.1) is 0 Å². The quantitative estimate of drug-likeness (QED) is 0.635. The number of hydrogen-bond acceptors (Lipinski definition) is 5. The number of unbranched alkanes of at least 4 members (excludes halogenated alkanes) is 2. The van der Waals surface area contributed by atoms with Crippen LogP contribution in [0.3, 0.4) is 0 Å². The topological polar surface area (TPSA) is 84.9 Å². The van der Waals surface area contributed by atoms with Gasteiger partial charge < -0.3 is 14.6 Å². The summed E-state index contributed by atoms with van der Waals surface area (Å²) in [5.74, 6) is 0.469. The van der Waals surface area contributed by atoms with Gasteiger partial charge in [0.1, 0.15) is 5.75 Å². The summed E-state index contributed by atoms with van der Waals surface area (Å²) in [6, 6.07) is 4.43. The molecule has 0 aliphatic heterocycles. The lowest BCUT2D eigenvalue weighted by Gasteiger charge is -2.10. The average Bonchev–Trinajstić information content (AvgIpc) is 2.49. The maximum absolute atomic E-state index is 12.1. The van der Waals surface area contributed by atoms with E-state index in [1.807, 2.05) is 0 Å². The van der Waals surface area contributed by atoms with Crippen LogP contribution in [0.1, 0.15) is 24.8 Å². The van der Waals surface area contributed by atoms with E-state index in [4.69, 9.17) is 9.47 Å². The van der Waals surface area contributed by atoms with E-state index in [-0.39, 0.29) is 11.5 Å². The molecule has 0 radical (unpaired) electrons. The van der Waals surface area contributed by atoms with Crippen LogP contribution in [0, 0.1) is 0 Å². The first-order chi connectivity index (χ1) is 10.0. The second-order valence-electron chi connectivity index (χ2n) is 4.58. The van der Waals surface area contributed by atoms with Crippen molar-refractivity contribution in [2.75, 3.05) is 27.4 Å². The van der Waals surface area contributed by atoms with Gasteiger partial charge in [0.05, 0.1) is 18.6 Å². The number of aliphatic hydroxyl groups is 1. The predicted molar refractivity (Wildman–Crippen MR) is 79.8 cm³/mol. The molecule has 1 aromatic carbocycles. The SMILES string of the molecule is COCCCCCNS(=O)(=O)c1ccc(OC)c(CO)c1. The molecule has 7 heteroatoms. The van der Waals surface area contributed by atoms with Crippen molar-refractivity contribution >= 4 is 10.0 Å². The van der Waals surface area contributed by atoms with Gasteiger partial charge in [0.15, 0.2) is 0 Å². The molecule has 0 fully saturated rings. The van der Waals surface area contributed by atoms with Crippen molar-refractivity contribution in [2.24, 2.45) is 0 Å². The molecule has 0 saturated carbocycles. The van der Waals surface area contributed by atoms with Crippen molar-refractivity contribution in [1.29, 1.82) is 0 Å². The number of ether oxygens (including phenoxy) is 2. The van der Waals surface area contributed by atoms with Crippen LogP contribution in [0.25, 0.3) is 0 Å². The summed E-state index contributed by atoms with van der Waals surface area (Å²) in [6.07, 6.45) is 2.57. The Labute approximate surface area is 126 Å². The molecule has 0 unspecified atom stereocenters. The highest BCUT2D eigenvalue weighted by Gasteiger charge is 2.15. The highest BCUT2D eigenvalue weighted by Crippen LogP contribution is 2.22. The largest absolute Gasteiger partial charge is 0.496 e. The number of methoxy groups -OCH3 is 2. The second kappa shape index (κ2) is 8.99. The second-order valence-corrected chi connectivity index (χ2v) is 6.35. The fourth-order valence-corrected chi connectivity index (χ4v) is 3.01. The van der Waals surface area contributed by atoms with Crippen LogP contribution < -0.4 is 9.46 Å². The first-order valence-corrected chi connectivity index (χ1v) is 8.30. The molecule has 0 spiro atoms. The molecule has 0 amide bonds. The van der Waals surface area contributed by atoms with Gasteiger partial charge in [-0.1, -0.05) is 0 Å². The fourth-order valence-electron chi connectivity index (χ4n) is 1.88. The number of sulfonamides is 1. The standard InChI is InChI=1S/C14H23NO5S/c1-19-9-5-3-4-8-15-21(17,18)13-6-7-14(20-2)12(10-13)11-16/h6-7,10,15-16H,3-5,8-9,11H2,1-2H3. The highest BCUT2D eigenvalue weighted by molar-refractivity contribution is 7.89. The lowest BCUT2D eigenvalue weighted by molar-refractivity contribution is 0.192. The molecule has 0 heterocycles. The Balaban J connectivity index is 2.62. The molecule has 0 aromatic heterocycles. The molecule has 6 nitrogen and oxygen atoms in total. The molecule has 1 aromatic rings.